The van der Waals surface area contributed by atoms with E-state index in [1.165, 1.54) is 18.0 Å². The molecule has 1 heterocycles. The van der Waals surface area contributed by atoms with Gasteiger partial charge in [-0.2, -0.15) is 0 Å². The molecule has 1 aromatic carbocycles. The van der Waals surface area contributed by atoms with Crippen molar-refractivity contribution in [3.8, 4) is 5.69 Å². The topological polar surface area (TPSA) is 69.0 Å². The predicted octanol–water partition coefficient (Wildman–Crippen LogP) is 1.21. The summed E-state index contributed by atoms with van der Waals surface area (Å²) in [4.78, 5) is 15.9. The summed E-state index contributed by atoms with van der Waals surface area (Å²) >= 11 is 5.99. The lowest BCUT2D eigenvalue weighted by atomic mass is 10.3. The summed E-state index contributed by atoms with van der Waals surface area (Å²) in [5.41, 5.74) is 2.95. The Morgan fingerprint density at radius 2 is 2.24 bits per heavy atom. The van der Waals surface area contributed by atoms with Crippen LogP contribution < -0.4 is 5.48 Å². The van der Waals surface area contributed by atoms with Crippen molar-refractivity contribution in [2.75, 3.05) is 7.11 Å². The van der Waals surface area contributed by atoms with E-state index < -0.39 is 5.91 Å². The highest BCUT2D eigenvalue weighted by atomic mass is 35.5. The highest BCUT2D eigenvalue weighted by molar-refractivity contribution is 6.32. The Balaban J connectivity index is 2.30. The zero-order chi connectivity index (χ0) is 12.3. The van der Waals surface area contributed by atoms with Crippen molar-refractivity contribution >= 4 is 17.5 Å². The summed E-state index contributed by atoms with van der Waals surface area (Å²) in [6, 6.07) is 7.13. The minimum Gasteiger partial charge on any atom is -0.277 e. The SMILES string of the molecule is CONC(=O)c1cn(-c2ccccc2Cl)nn1. The third-order valence-electron chi connectivity index (χ3n) is 2.02. The number of aromatic nitrogens is 3. The molecule has 0 fully saturated rings. The molecule has 0 saturated carbocycles. The fourth-order valence-corrected chi connectivity index (χ4v) is 1.49. The van der Waals surface area contributed by atoms with Gasteiger partial charge in [0.05, 0.1) is 24.0 Å². The fraction of sp³-hybridized carbons (Fsp3) is 0.100. The van der Waals surface area contributed by atoms with E-state index in [-0.39, 0.29) is 5.69 Å². The third kappa shape index (κ3) is 2.43. The average molecular weight is 253 g/mol. The molecule has 6 nitrogen and oxygen atoms in total. The number of hydrogen-bond donors (Lipinski definition) is 1. The number of nitrogens with one attached hydrogen (secondary N) is 1. The van der Waals surface area contributed by atoms with Crippen molar-refractivity contribution in [2.24, 2.45) is 0 Å². The number of amides is 1. The Morgan fingerprint density at radius 3 is 2.94 bits per heavy atom. The predicted molar refractivity (Wildman–Crippen MR) is 60.8 cm³/mol. The van der Waals surface area contributed by atoms with Crippen molar-refractivity contribution in [1.29, 1.82) is 0 Å². The van der Waals surface area contributed by atoms with Gasteiger partial charge in [-0.05, 0) is 12.1 Å². The van der Waals surface area contributed by atoms with E-state index in [4.69, 9.17) is 11.6 Å². The molecule has 0 spiro atoms. The number of hydroxylamine groups is 1. The average Bonchev–Trinajstić information content (AvgIpc) is 2.79. The van der Waals surface area contributed by atoms with Crippen LogP contribution in [0.15, 0.2) is 30.5 Å². The van der Waals surface area contributed by atoms with Gasteiger partial charge in [-0.1, -0.05) is 28.9 Å². The molecule has 0 unspecified atom stereocenters. The van der Waals surface area contributed by atoms with Crippen molar-refractivity contribution < 1.29 is 9.63 Å². The van der Waals surface area contributed by atoms with E-state index in [1.807, 2.05) is 6.07 Å². The van der Waals surface area contributed by atoms with Crippen LogP contribution in [0.2, 0.25) is 5.02 Å². The number of rotatable bonds is 3. The Hall–Kier alpha value is -1.92. The number of nitrogens with zero attached hydrogens (tertiary/aromatic N) is 3. The molecule has 0 atom stereocenters. The Labute approximate surface area is 102 Å². The first-order valence-electron chi connectivity index (χ1n) is 4.73. The number of carbonyl (C=O) groups is 1. The summed E-state index contributed by atoms with van der Waals surface area (Å²) in [6.45, 7) is 0. The Bertz CT molecular complexity index is 541. The summed E-state index contributed by atoms with van der Waals surface area (Å²) in [6.07, 6.45) is 1.47. The van der Waals surface area contributed by atoms with Crippen LogP contribution >= 0.6 is 11.6 Å². The molecule has 1 aromatic heterocycles. The lowest BCUT2D eigenvalue weighted by Gasteiger charge is -2.01. The van der Waals surface area contributed by atoms with Crippen LogP contribution in [-0.2, 0) is 4.84 Å². The van der Waals surface area contributed by atoms with Crippen molar-refractivity contribution in [3.63, 3.8) is 0 Å². The monoisotopic (exact) mass is 252 g/mol. The molecule has 1 N–H and O–H groups in total. The standard InChI is InChI=1S/C10H9ClN4O2/c1-17-13-10(16)8-6-15(14-12-8)9-5-3-2-4-7(9)11/h2-6H,1H3,(H,13,16). The van der Waals surface area contributed by atoms with Crippen LogP contribution in [0.25, 0.3) is 5.69 Å². The van der Waals surface area contributed by atoms with Crippen LogP contribution in [0, 0.1) is 0 Å². The normalized spacial score (nSPS) is 10.2. The van der Waals surface area contributed by atoms with Crippen molar-refractivity contribution in [3.05, 3.63) is 41.2 Å². The molecule has 0 radical (unpaired) electrons. The second-order valence-corrected chi connectivity index (χ2v) is 3.54. The largest absolute Gasteiger partial charge is 0.297 e. The van der Waals surface area contributed by atoms with Gasteiger partial charge in [0.25, 0.3) is 5.91 Å². The van der Waals surface area contributed by atoms with Gasteiger partial charge in [-0.15, -0.1) is 5.10 Å². The van der Waals surface area contributed by atoms with Gasteiger partial charge in [0.2, 0.25) is 0 Å². The number of benzene rings is 1. The lowest BCUT2D eigenvalue weighted by molar-refractivity contribution is 0.0532. The van der Waals surface area contributed by atoms with Gasteiger partial charge in [-0.3, -0.25) is 9.63 Å². The van der Waals surface area contributed by atoms with Crippen molar-refractivity contribution in [1.82, 2.24) is 20.5 Å². The molecule has 0 aliphatic carbocycles. The number of para-hydroxylation sites is 1. The number of halogens is 1. The highest BCUT2D eigenvalue weighted by Gasteiger charge is 2.12. The van der Waals surface area contributed by atoms with Gasteiger partial charge in [0.15, 0.2) is 5.69 Å². The molecule has 2 rings (SSSR count). The molecule has 0 saturated heterocycles. The molecule has 0 aliphatic rings. The first-order chi connectivity index (χ1) is 8.22. The number of carbonyl (C=O) groups excluding carboxylic acids is 1. The molecule has 17 heavy (non-hydrogen) atoms. The Morgan fingerprint density at radius 1 is 1.47 bits per heavy atom. The first kappa shape index (κ1) is 11.6. The van der Waals surface area contributed by atoms with E-state index in [0.717, 1.165) is 0 Å². The molecular formula is C10H9ClN4O2. The maximum absolute atomic E-state index is 11.4. The van der Waals surface area contributed by atoms with Crippen LogP contribution in [0.4, 0.5) is 0 Å². The van der Waals surface area contributed by atoms with Gasteiger partial charge in [0, 0.05) is 0 Å². The zero-order valence-electron chi connectivity index (χ0n) is 8.92. The molecule has 0 bridgehead atoms. The summed E-state index contributed by atoms with van der Waals surface area (Å²) < 4.78 is 1.42. The maximum atomic E-state index is 11.4. The van der Waals surface area contributed by atoms with Crippen molar-refractivity contribution in [2.45, 2.75) is 0 Å². The van der Waals surface area contributed by atoms with E-state index in [2.05, 4.69) is 20.6 Å². The maximum Gasteiger partial charge on any atom is 0.297 e. The molecule has 2 aromatic rings. The van der Waals surface area contributed by atoms with Gasteiger partial charge in [-0.25, -0.2) is 10.2 Å². The third-order valence-corrected chi connectivity index (χ3v) is 2.34. The zero-order valence-corrected chi connectivity index (χ0v) is 9.68. The van der Waals surface area contributed by atoms with Crippen LogP contribution in [0.1, 0.15) is 10.5 Å². The minimum atomic E-state index is -0.467. The summed E-state index contributed by atoms with van der Waals surface area (Å²) in [5, 5.41) is 8.06. The number of hydrogen-bond acceptors (Lipinski definition) is 4. The highest BCUT2D eigenvalue weighted by Crippen LogP contribution is 2.18. The molecule has 0 aliphatic heterocycles. The van der Waals surface area contributed by atoms with Crippen LogP contribution in [0.3, 0.4) is 0 Å². The lowest BCUT2D eigenvalue weighted by Crippen LogP contribution is -2.22. The first-order valence-corrected chi connectivity index (χ1v) is 5.10. The van der Waals surface area contributed by atoms with Crippen LogP contribution in [-0.4, -0.2) is 28.0 Å². The Kier molecular flexibility index (Phi) is 3.36. The van der Waals surface area contributed by atoms with Crippen LogP contribution in [0.5, 0.6) is 0 Å². The summed E-state index contributed by atoms with van der Waals surface area (Å²) in [5.74, 6) is -0.467. The summed E-state index contributed by atoms with van der Waals surface area (Å²) in [7, 11) is 1.34. The van der Waals surface area contributed by atoms with Gasteiger partial charge in [0.1, 0.15) is 0 Å². The second-order valence-electron chi connectivity index (χ2n) is 3.14. The van der Waals surface area contributed by atoms with E-state index in [0.29, 0.717) is 10.7 Å². The van der Waals surface area contributed by atoms with E-state index >= 15 is 0 Å². The molecular weight excluding hydrogens is 244 g/mol. The second kappa shape index (κ2) is 4.94. The van der Waals surface area contributed by atoms with E-state index in [9.17, 15) is 4.79 Å². The van der Waals surface area contributed by atoms with Gasteiger partial charge >= 0.3 is 0 Å². The molecule has 7 heteroatoms. The fourth-order valence-electron chi connectivity index (χ4n) is 1.27. The quantitative estimate of drug-likeness (QED) is 0.834. The molecule has 1 amide bonds. The van der Waals surface area contributed by atoms with Gasteiger partial charge < -0.3 is 0 Å². The molecule has 88 valence electrons. The van der Waals surface area contributed by atoms with E-state index in [1.54, 1.807) is 18.2 Å². The smallest absolute Gasteiger partial charge is 0.277 e. The minimum absolute atomic E-state index is 0.145.